The summed E-state index contributed by atoms with van der Waals surface area (Å²) in [5, 5.41) is 15.9. The second kappa shape index (κ2) is 7.60. The van der Waals surface area contributed by atoms with E-state index in [4.69, 9.17) is 0 Å². The molecule has 3 aromatic rings. The van der Waals surface area contributed by atoms with Crippen molar-refractivity contribution >= 4 is 28.1 Å². The lowest BCUT2D eigenvalue weighted by molar-refractivity contribution is -0.122. The van der Waals surface area contributed by atoms with Crippen LogP contribution in [0.2, 0.25) is 0 Å². The third-order valence-electron chi connectivity index (χ3n) is 3.04. The van der Waals surface area contributed by atoms with E-state index in [2.05, 4.69) is 41.9 Å². The molecule has 0 saturated heterocycles. The van der Waals surface area contributed by atoms with Crippen LogP contribution in [0, 0.1) is 0 Å². The molecule has 1 amide bonds. The van der Waals surface area contributed by atoms with Crippen molar-refractivity contribution in [3.05, 3.63) is 64.6 Å². The van der Waals surface area contributed by atoms with Crippen molar-refractivity contribution in [2.75, 3.05) is 0 Å². The lowest BCUT2D eigenvalue weighted by Gasteiger charge is -1.98. The summed E-state index contributed by atoms with van der Waals surface area (Å²) in [4.78, 5) is 13.1. The molecular formula is C16H13BrN6O. The van der Waals surface area contributed by atoms with Gasteiger partial charge in [-0.2, -0.15) is 9.90 Å². The van der Waals surface area contributed by atoms with Crippen molar-refractivity contribution < 1.29 is 4.79 Å². The molecule has 1 aromatic heterocycles. The Hall–Kier alpha value is -2.87. The van der Waals surface area contributed by atoms with Gasteiger partial charge >= 0.3 is 0 Å². The molecule has 0 aliphatic heterocycles. The lowest BCUT2D eigenvalue weighted by atomic mass is 10.2. The molecule has 2 aromatic carbocycles. The standard InChI is InChI=1S/C16H13BrN6O/c17-14-8-6-12(7-9-14)10-18-19-15(24)11-23-21-16(20-22-23)13-4-2-1-3-5-13/h1-10H,11H2,(H,19,24). The van der Waals surface area contributed by atoms with Crippen LogP contribution < -0.4 is 5.43 Å². The van der Waals surface area contributed by atoms with Crippen LogP contribution in [0.4, 0.5) is 0 Å². The van der Waals surface area contributed by atoms with Crippen molar-refractivity contribution in [2.24, 2.45) is 5.10 Å². The van der Waals surface area contributed by atoms with E-state index in [-0.39, 0.29) is 12.5 Å². The largest absolute Gasteiger partial charge is 0.271 e. The van der Waals surface area contributed by atoms with Gasteiger partial charge in [0.15, 0.2) is 0 Å². The third kappa shape index (κ3) is 4.32. The molecule has 24 heavy (non-hydrogen) atoms. The van der Waals surface area contributed by atoms with Gasteiger partial charge in [0, 0.05) is 10.0 Å². The van der Waals surface area contributed by atoms with Crippen LogP contribution in [-0.2, 0) is 11.3 Å². The number of carbonyl (C=O) groups is 1. The van der Waals surface area contributed by atoms with Crippen molar-refractivity contribution in [1.82, 2.24) is 25.6 Å². The van der Waals surface area contributed by atoms with E-state index in [0.29, 0.717) is 5.82 Å². The average molecular weight is 385 g/mol. The first-order valence-electron chi connectivity index (χ1n) is 7.11. The van der Waals surface area contributed by atoms with Gasteiger partial charge in [0.25, 0.3) is 5.91 Å². The van der Waals surface area contributed by atoms with E-state index in [1.807, 2.05) is 54.6 Å². The van der Waals surface area contributed by atoms with E-state index >= 15 is 0 Å². The summed E-state index contributed by atoms with van der Waals surface area (Å²) in [6.45, 7) is -0.0580. The van der Waals surface area contributed by atoms with Gasteiger partial charge in [0.1, 0.15) is 6.54 Å². The number of hydrogen-bond acceptors (Lipinski definition) is 5. The second-order valence-corrected chi connectivity index (χ2v) is 5.77. The number of amides is 1. The minimum absolute atomic E-state index is 0.0580. The monoisotopic (exact) mass is 384 g/mol. The van der Waals surface area contributed by atoms with Crippen molar-refractivity contribution in [3.63, 3.8) is 0 Å². The Bertz CT molecular complexity index is 845. The predicted molar refractivity (Wildman–Crippen MR) is 93.1 cm³/mol. The highest BCUT2D eigenvalue weighted by molar-refractivity contribution is 9.10. The topological polar surface area (TPSA) is 85.1 Å². The summed E-state index contributed by atoms with van der Waals surface area (Å²) in [5.74, 6) is 0.141. The summed E-state index contributed by atoms with van der Waals surface area (Å²) in [7, 11) is 0. The fourth-order valence-corrected chi connectivity index (χ4v) is 2.17. The molecular weight excluding hydrogens is 372 g/mol. The van der Waals surface area contributed by atoms with Crippen LogP contribution in [0.1, 0.15) is 5.56 Å². The third-order valence-corrected chi connectivity index (χ3v) is 3.57. The molecule has 7 nitrogen and oxygen atoms in total. The summed E-state index contributed by atoms with van der Waals surface area (Å²) in [5.41, 5.74) is 4.16. The first-order chi connectivity index (χ1) is 11.7. The number of tetrazole rings is 1. The van der Waals surface area contributed by atoms with Crippen LogP contribution in [0.3, 0.4) is 0 Å². The van der Waals surface area contributed by atoms with Crippen molar-refractivity contribution in [1.29, 1.82) is 0 Å². The number of hydrazone groups is 1. The van der Waals surface area contributed by atoms with E-state index in [1.165, 1.54) is 4.80 Å². The maximum Gasteiger partial charge on any atom is 0.263 e. The Labute approximate surface area is 146 Å². The highest BCUT2D eigenvalue weighted by Gasteiger charge is 2.08. The van der Waals surface area contributed by atoms with Crippen molar-refractivity contribution in [2.45, 2.75) is 6.54 Å². The zero-order valence-electron chi connectivity index (χ0n) is 12.5. The van der Waals surface area contributed by atoms with Crippen LogP contribution in [0.5, 0.6) is 0 Å². The molecule has 120 valence electrons. The van der Waals surface area contributed by atoms with Gasteiger partial charge in [-0.1, -0.05) is 58.4 Å². The van der Waals surface area contributed by atoms with Gasteiger partial charge in [-0.25, -0.2) is 5.43 Å². The highest BCUT2D eigenvalue weighted by atomic mass is 79.9. The fourth-order valence-electron chi connectivity index (χ4n) is 1.90. The van der Waals surface area contributed by atoms with Gasteiger partial charge in [-0.05, 0) is 22.9 Å². The minimum Gasteiger partial charge on any atom is -0.271 e. The summed E-state index contributed by atoms with van der Waals surface area (Å²) in [6.07, 6.45) is 1.56. The maximum atomic E-state index is 11.8. The van der Waals surface area contributed by atoms with Crippen LogP contribution >= 0.6 is 15.9 Å². The zero-order chi connectivity index (χ0) is 16.8. The molecule has 0 atom stereocenters. The molecule has 0 saturated carbocycles. The maximum absolute atomic E-state index is 11.8. The number of halogens is 1. The Morgan fingerprint density at radius 1 is 1.17 bits per heavy atom. The Morgan fingerprint density at radius 3 is 2.67 bits per heavy atom. The number of hydrogen-bond donors (Lipinski definition) is 1. The molecule has 1 heterocycles. The predicted octanol–water partition coefficient (Wildman–Crippen LogP) is 2.25. The molecule has 0 unspecified atom stereocenters. The minimum atomic E-state index is -0.333. The number of aromatic nitrogens is 4. The smallest absolute Gasteiger partial charge is 0.263 e. The molecule has 0 aliphatic rings. The van der Waals surface area contributed by atoms with Gasteiger partial charge < -0.3 is 0 Å². The van der Waals surface area contributed by atoms with Gasteiger partial charge in [0.2, 0.25) is 5.82 Å². The van der Waals surface area contributed by atoms with E-state index in [0.717, 1.165) is 15.6 Å². The highest BCUT2D eigenvalue weighted by Crippen LogP contribution is 2.11. The Balaban J connectivity index is 1.55. The number of benzene rings is 2. The normalized spacial score (nSPS) is 10.9. The molecule has 0 radical (unpaired) electrons. The zero-order valence-corrected chi connectivity index (χ0v) is 14.1. The fraction of sp³-hybridized carbons (Fsp3) is 0.0625. The van der Waals surface area contributed by atoms with Crippen LogP contribution in [0.25, 0.3) is 11.4 Å². The summed E-state index contributed by atoms with van der Waals surface area (Å²) >= 11 is 3.36. The summed E-state index contributed by atoms with van der Waals surface area (Å²) in [6, 6.07) is 17.0. The van der Waals surface area contributed by atoms with Gasteiger partial charge in [-0.3, -0.25) is 4.79 Å². The summed E-state index contributed by atoms with van der Waals surface area (Å²) < 4.78 is 0.982. The van der Waals surface area contributed by atoms with Crippen molar-refractivity contribution in [3.8, 4) is 11.4 Å². The molecule has 0 bridgehead atoms. The average Bonchev–Trinajstić information content (AvgIpc) is 3.06. The molecule has 0 fully saturated rings. The number of carbonyl (C=O) groups excluding carboxylic acids is 1. The molecule has 3 rings (SSSR count). The molecule has 1 N–H and O–H groups in total. The van der Waals surface area contributed by atoms with Crippen LogP contribution in [0.15, 0.2) is 64.2 Å². The first kappa shape index (κ1) is 16.0. The molecule has 0 aliphatic carbocycles. The number of nitrogens with zero attached hydrogens (tertiary/aromatic N) is 5. The molecule has 0 spiro atoms. The SMILES string of the molecule is O=C(Cn1nnc(-c2ccccc2)n1)NN=Cc1ccc(Br)cc1. The molecule has 8 heteroatoms. The number of rotatable bonds is 5. The van der Waals surface area contributed by atoms with Crippen LogP contribution in [-0.4, -0.2) is 32.3 Å². The van der Waals surface area contributed by atoms with Gasteiger partial charge in [0.05, 0.1) is 6.21 Å². The van der Waals surface area contributed by atoms with E-state index in [1.54, 1.807) is 6.21 Å². The quantitative estimate of drug-likeness (QED) is 0.539. The second-order valence-electron chi connectivity index (χ2n) is 4.85. The van der Waals surface area contributed by atoms with E-state index in [9.17, 15) is 4.79 Å². The van der Waals surface area contributed by atoms with Gasteiger partial charge in [-0.15, -0.1) is 10.2 Å². The first-order valence-corrected chi connectivity index (χ1v) is 7.91. The Morgan fingerprint density at radius 2 is 1.92 bits per heavy atom. The lowest BCUT2D eigenvalue weighted by Crippen LogP contribution is -2.24. The Kier molecular flexibility index (Phi) is 5.07. The van der Waals surface area contributed by atoms with E-state index < -0.39 is 0 Å². The number of nitrogens with one attached hydrogen (secondary N) is 1.